The molecule has 0 fully saturated rings. The minimum absolute atomic E-state index is 0.189. The average Bonchev–Trinajstić information content (AvgIpc) is 2.62. The SMILES string of the molecule is CN(C)CCOc1ccc(NC(=O)[C@@H]2COc3ccccc3O2)cc1. The van der Waals surface area contributed by atoms with Gasteiger partial charge in [0.05, 0.1) is 0 Å². The largest absolute Gasteiger partial charge is 0.492 e. The molecule has 0 saturated carbocycles. The van der Waals surface area contributed by atoms with Crippen LogP contribution in [0.4, 0.5) is 5.69 Å². The molecule has 3 rings (SSSR count). The van der Waals surface area contributed by atoms with Gasteiger partial charge in [0.1, 0.15) is 19.0 Å². The molecule has 2 aromatic rings. The summed E-state index contributed by atoms with van der Waals surface area (Å²) in [5.74, 6) is 1.77. The molecule has 6 nitrogen and oxygen atoms in total. The summed E-state index contributed by atoms with van der Waals surface area (Å²) in [5.41, 5.74) is 0.687. The first kappa shape index (κ1) is 17.1. The number of rotatable bonds is 6. The smallest absolute Gasteiger partial charge is 0.269 e. The number of amides is 1. The molecular formula is C19H22N2O4. The summed E-state index contributed by atoms with van der Waals surface area (Å²) in [4.78, 5) is 14.4. The highest BCUT2D eigenvalue weighted by atomic mass is 16.6. The van der Waals surface area contributed by atoms with Gasteiger partial charge in [-0.1, -0.05) is 12.1 Å². The van der Waals surface area contributed by atoms with E-state index in [1.54, 1.807) is 18.2 Å². The van der Waals surface area contributed by atoms with Crippen molar-refractivity contribution in [3.05, 3.63) is 48.5 Å². The van der Waals surface area contributed by atoms with E-state index in [0.717, 1.165) is 12.3 Å². The van der Waals surface area contributed by atoms with E-state index in [1.807, 2.05) is 44.4 Å². The van der Waals surface area contributed by atoms with Crippen LogP contribution in [0.15, 0.2) is 48.5 Å². The lowest BCUT2D eigenvalue weighted by Crippen LogP contribution is -2.40. The first-order chi connectivity index (χ1) is 12.1. The second-order valence-electron chi connectivity index (χ2n) is 6.03. The molecule has 0 bridgehead atoms. The Balaban J connectivity index is 1.53. The van der Waals surface area contributed by atoms with Crippen LogP contribution in [0.2, 0.25) is 0 Å². The third-order valence-corrected chi connectivity index (χ3v) is 3.73. The van der Waals surface area contributed by atoms with Crippen LogP contribution < -0.4 is 19.5 Å². The van der Waals surface area contributed by atoms with Gasteiger partial charge in [-0.3, -0.25) is 4.79 Å². The fourth-order valence-electron chi connectivity index (χ4n) is 2.35. The van der Waals surface area contributed by atoms with E-state index >= 15 is 0 Å². The third kappa shape index (κ3) is 4.64. The van der Waals surface area contributed by atoms with Crippen LogP contribution in [0.5, 0.6) is 17.2 Å². The number of likely N-dealkylation sites (N-methyl/N-ethyl adjacent to an activating group) is 1. The van der Waals surface area contributed by atoms with E-state index < -0.39 is 6.10 Å². The Morgan fingerprint density at radius 2 is 1.88 bits per heavy atom. The zero-order chi connectivity index (χ0) is 17.6. The topological polar surface area (TPSA) is 60.0 Å². The van der Waals surface area contributed by atoms with E-state index in [0.29, 0.717) is 23.8 Å². The molecular weight excluding hydrogens is 320 g/mol. The Labute approximate surface area is 147 Å². The number of benzene rings is 2. The van der Waals surface area contributed by atoms with Gasteiger partial charge in [0.25, 0.3) is 5.91 Å². The normalized spacial score (nSPS) is 15.7. The minimum Gasteiger partial charge on any atom is -0.492 e. The number of nitrogens with one attached hydrogen (secondary N) is 1. The van der Waals surface area contributed by atoms with Crippen molar-refractivity contribution in [1.29, 1.82) is 0 Å². The number of carbonyl (C=O) groups is 1. The van der Waals surface area contributed by atoms with Crippen LogP contribution in [0.3, 0.4) is 0 Å². The van der Waals surface area contributed by atoms with Crippen LogP contribution in [0.1, 0.15) is 0 Å². The van der Waals surface area contributed by atoms with Crippen LogP contribution in [0, 0.1) is 0 Å². The van der Waals surface area contributed by atoms with Crippen molar-refractivity contribution in [2.45, 2.75) is 6.10 Å². The first-order valence-electron chi connectivity index (χ1n) is 8.19. The van der Waals surface area contributed by atoms with E-state index in [-0.39, 0.29) is 12.5 Å². The van der Waals surface area contributed by atoms with Gasteiger partial charge in [-0.25, -0.2) is 0 Å². The second-order valence-corrected chi connectivity index (χ2v) is 6.03. The number of hydrogen-bond acceptors (Lipinski definition) is 5. The molecule has 0 unspecified atom stereocenters. The van der Waals surface area contributed by atoms with Crippen molar-refractivity contribution in [3.63, 3.8) is 0 Å². The summed E-state index contributed by atoms with van der Waals surface area (Å²) >= 11 is 0. The van der Waals surface area contributed by atoms with E-state index in [9.17, 15) is 4.79 Å². The predicted molar refractivity (Wildman–Crippen MR) is 95.5 cm³/mol. The molecule has 0 aromatic heterocycles. The molecule has 2 aromatic carbocycles. The summed E-state index contributed by atoms with van der Waals surface area (Å²) in [7, 11) is 3.99. The van der Waals surface area contributed by atoms with Gasteiger partial charge in [0.2, 0.25) is 6.10 Å². The average molecular weight is 342 g/mol. The van der Waals surface area contributed by atoms with Gasteiger partial charge >= 0.3 is 0 Å². The van der Waals surface area contributed by atoms with Crippen molar-refractivity contribution in [1.82, 2.24) is 4.90 Å². The van der Waals surface area contributed by atoms with Crippen LogP contribution >= 0.6 is 0 Å². The fourth-order valence-corrected chi connectivity index (χ4v) is 2.35. The van der Waals surface area contributed by atoms with Crippen LogP contribution in [0.25, 0.3) is 0 Å². The first-order valence-corrected chi connectivity index (χ1v) is 8.19. The number of para-hydroxylation sites is 2. The Hall–Kier alpha value is -2.73. The summed E-state index contributed by atoms with van der Waals surface area (Å²) < 4.78 is 16.9. The molecule has 1 aliphatic heterocycles. The molecule has 6 heteroatoms. The zero-order valence-electron chi connectivity index (χ0n) is 14.4. The summed E-state index contributed by atoms with van der Waals surface area (Å²) in [6.07, 6.45) is -0.675. The van der Waals surface area contributed by atoms with Gasteiger partial charge in [-0.05, 0) is 50.5 Å². The Morgan fingerprint density at radius 1 is 1.16 bits per heavy atom. The number of hydrogen-bond donors (Lipinski definition) is 1. The Kier molecular flexibility index (Phi) is 5.40. The van der Waals surface area contributed by atoms with Gasteiger partial charge in [-0.15, -0.1) is 0 Å². The highest BCUT2D eigenvalue weighted by molar-refractivity contribution is 5.94. The minimum atomic E-state index is -0.675. The number of carbonyl (C=O) groups excluding carboxylic acids is 1. The molecule has 0 spiro atoms. The van der Waals surface area contributed by atoms with Crippen molar-refractivity contribution in [2.24, 2.45) is 0 Å². The second kappa shape index (κ2) is 7.90. The molecule has 1 heterocycles. The van der Waals surface area contributed by atoms with Crippen molar-refractivity contribution < 1.29 is 19.0 Å². The fraction of sp³-hybridized carbons (Fsp3) is 0.316. The Morgan fingerprint density at radius 3 is 2.60 bits per heavy atom. The number of nitrogens with zero attached hydrogens (tertiary/aromatic N) is 1. The van der Waals surface area contributed by atoms with Crippen molar-refractivity contribution in [3.8, 4) is 17.2 Å². The monoisotopic (exact) mass is 342 g/mol. The van der Waals surface area contributed by atoms with Gasteiger partial charge in [-0.2, -0.15) is 0 Å². The highest BCUT2D eigenvalue weighted by Gasteiger charge is 2.27. The highest BCUT2D eigenvalue weighted by Crippen LogP contribution is 2.31. The molecule has 1 atom stereocenters. The number of ether oxygens (including phenoxy) is 3. The van der Waals surface area contributed by atoms with Gasteiger partial charge in [0, 0.05) is 12.2 Å². The lowest BCUT2D eigenvalue weighted by atomic mass is 10.2. The number of fused-ring (bicyclic) bond motifs is 1. The van der Waals surface area contributed by atoms with Gasteiger partial charge < -0.3 is 24.4 Å². The zero-order valence-corrected chi connectivity index (χ0v) is 14.4. The molecule has 25 heavy (non-hydrogen) atoms. The van der Waals surface area contributed by atoms with Gasteiger partial charge in [0.15, 0.2) is 11.5 Å². The molecule has 132 valence electrons. The van der Waals surface area contributed by atoms with E-state index in [2.05, 4.69) is 10.2 Å². The van der Waals surface area contributed by atoms with E-state index in [1.165, 1.54) is 0 Å². The van der Waals surface area contributed by atoms with Crippen molar-refractivity contribution in [2.75, 3.05) is 39.2 Å². The predicted octanol–water partition coefficient (Wildman–Crippen LogP) is 2.41. The quantitative estimate of drug-likeness (QED) is 0.874. The van der Waals surface area contributed by atoms with E-state index in [4.69, 9.17) is 14.2 Å². The maximum atomic E-state index is 12.4. The number of anilines is 1. The van der Waals surface area contributed by atoms with Crippen molar-refractivity contribution >= 4 is 11.6 Å². The maximum absolute atomic E-state index is 12.4. The third-order valence-electron chi connectivity index (χ3n) is 3.73. The molecule has 1 N–H and O–H groups in total. The Bertz CT molecular complexity index is 716. The lowest BCUT2D eigenvalue weighted by Gasteiger charge is -2.25. The lowest BCUT2D eigenvalue weighted by molar-refractivity contribution is -0.125. The standard InChI is InChI=1S/C19H22N2O4/c1-21(2)11-12-23-15-9-7-14(8-10-15)20-19(22)18-13-24-16-5-3-4-6-17(16)25-18/h3-10,18H,11-13H2,1-2H3,(H,20,22)/t18-/m0/s1. The molecule has 0 saturated heterocycles. The summed E-state index contributed by atoms with van der Waals surface area (Å²) in [5, 5.41) is 2.84. The summed E-state index contributed by atoms with van der Waals surface area (Å²) in [6.45, 7) is 1.65. The molecule has 0 radical (unpaired) electrons. The summed E-state index contributed by atoms with van der Waals surface area (Å²) in [6, 6.07) is 14.6. The van der Waals surface area contributed by atoms with Crippen LogP contribution in [-0.2, 0) is 4.79 Å². The molecule has 1 aliphatic rings. The van der Waals surface area contributed by atoms with Crippen LogP contribution in [-0.4, -0.2) is 50.8 Å². The maximum Gasteiger partial charge on any atom is 0.269 e. The molecule has 0 aliphatic carbocycles. The molecule has 1 amide bonds.